The predicted octanol–water partition coefficient (Wildman–Crippen LogP) is 5.06. The summed E-state index contributed by atoms with van der Waals surface area (Å²) in [4.78, 5) is 27.8. The molecule has 0 aromatic heterocycles. The first-order valence-electron chi connectivity index (χ1n) is 11.3. The number of nitrogens with zero attached hydrogens (tertiary/aromatic N) is 1. The molecule has 3 aromatic carbocycles. The number of phenols is 1. The molecule has 1 fully saturated rings. The van der Waals surface area contributed by atoms with Crippen molar-refractivity contribution in [2.45, 2.75) is 19.9 Å². The Morgan fingerprint density at radius 2 is 1.69 bits per heavy atom. The first-order chi connectivity index (χ1) is 16.8. The third-order valence-electron chi connectivity index (χ3n) is 5.67. The average Bonchev–Trinajstić information content (AvgIpc) is 3.13. The molecule has 0 saturated carbocycles. The summed E-state index contributed by atoms with van der Waals surface area (Å²) in [7, 11) is 1.51. The van der Waals surface area contributed by atoms with Crippen molar-refractivity contribution in [3.63, 3.8) is 0 Å². The summed E-state index contributed by atoms with van der Waals surface area (Å²) in [6.07, 6.45) is 0. The van der Waals surface area contributed by atoms with Gasteiger partial charge in [0.25, 0.3) is 11.7 Å². The topological polar surface area (TPSA) is 96.3 Å². The number of ether oxygens (including phenoxy) is 2. The van der Waals surface area contributed by atoms with Crippen molar-refractivity contribution in [2.75, 3.05) is 18.6 Å². The van der Waals surface area contributed by atoms with Crippen molar-refractivity contribution in [3.8, 4) is 17.2 Å². The van der Waals surface area contributed by atoms with E-state index in [4.69, 9.17) is 9.47 Å². The number of benzene rings is 3. The van der Waals surface area contributed by atoms with E-state index in [1.165, 1.54) is 24.1 Å². The van der Waals surface area contributed by atoms with Crippen molar-refractivity contribution < 1.29 is 29.3 Å². The van der Waals surface area contributed by atoms with Gasteiger partial charge in [0.05, 0.1) is 25.3 Å². The molecule has 7 heteroatoms. The summed E-state index contributed by atoms with van der Waals surface area (Å²) in [6.45, 7) is 4.64. The van der Waals surface area contributed by atoms with Crippen molar-refractivity contribution in [1.82, 2.24) is 0 Å². The lowest BCUT2D eigenvalue weighted by atomic mass is 9.95. The summed E-state index contributed by atoms with van der Waals surface area (Å²) in [5.41, 5.74) is 1.21. The monoisotopic (exact) mass is 473 g/mol. The fraction of sp³-hybridized carbons (Fsp3) is 0.214. The number of hydrogen-bond acceptors (Lipinski definition) is 6. The standard InChI is InChI=1S/C28H27NO6/c1-17(2)16-35-22-12-10-18(11-13-22)26(31)24-25(19-6-4-8-21(30)14-19)29(28(33)27(24)32)20-7-5-9-23(15-20)34-3/h4-15,17,25,30-31H,16H2,1-3H3/b26-24+. The lowest BCUT2D eigenvalue weighted by molar-refractivity contribution is -0.132. The van der Waals surface area contributed by atoms with Gasteiger partial charge in [-0.1, -0.05) is 32.0 Å². The van der Waals surface area contributed by atoms with Crippen LogP contribution < -0.4 is 14.4 Å². The van der Waals surface area contributed by atoms with Crippen LogP contribution >= 0.6 is 0 Å². The molecule has 35 heavy (non-hydrogen) atoms. The van der Waals surface area contributed by atoms with E-state index in [0.29, 0.717) is 40.8 Å². The molecule has 1 amide bonds. The second-order valence-electron chi connectivity index (χ2n) is 8.69. The van der Waals surface area contributed by atoms with Crippen LogP contribution in [-0.2, 0) is 9.59 Å². The maximum absolute atomic E-state index is 13.2. The number of rotatable bonds is 7. The fourth-order valence-corrected chi connectivity index (χ4v) is 4.00. The molecule has 3 aromatic rings. The van der Waals surface area contributed by atoms with Crippen LogP contribution in [0, 0.1) is 5.92 Å². The minimum Gasteiger partial charge on any atom is -0.508 e. The summed E-state index contributed by atoms with van der Waals surface area (Å²) < 4.78 is 11.0. The zero-order valence-corrected chi connectivity index (χ0v) is 19.8. The molecule has 2 N–H and O–H groups in total. The minimum atomic E-state index is -0.953. The van der Waals surface area contributed by atoms with Crippen LogP contribution in [0.3, 0.4) is 0 Å². The van der Waals surface area contributed by atoms with Crippen LogP contribution in [0.2, 0.25) is 0 Å². The van der Waals surface area contributed by atoms with Gasteiger partial charge in [-0.3, -0.25) is 14.5 Å². The molecule has 1 aliphatic rings. The summed E-state index contributed by atoms with van der Waals surface area (Å²) in [5.74, 6) is -0.433. The number of anilines is 1. The van der Waals surface area contributed by atoms with E-state index in [2.05, 4.69) is 0 Å². The molecule has 4 rings (SSSR count). The number of hydrogen-bond donors (Lipinski definition) is 2. The molecule has 1 aliphatic heterocycles. The fourth-order valence-electron chi connectivity index (χ4n) is 4.00. The minimum absolute atomic E-state index is 0.0228. The van der Waals surface area contributed by atoms with Crippen LogP contribution in [0.5, 0.6) is 17.2 Å². The first kappa shape index (κ1) is 23.9. The highest BCUT2D eigenvalue weighted by atomic mass is 16.5. The van der Waals surface area contributed by atoms with E-state index in [1.807, 2.05) is 13.8 Å². The number of ketones is 1. The Labute approximate surface area is 203 Å². The molecule has 1 saturated heterocycles. The van der Waals surface area contributed by atoms with Crippen LogP contribution in [-0.4, -0.2) is 35.6 Å². The third kappa shape index (κ3) is 4.84. The lowest BCUT2D eigenvalue weighted by Crippen LogP contribution is -2.29. The molecule has 1 heterocycles. The van der Waals surface area contributed by atoms with Crippen LogP contribution in [0.15, 0.2) is 78.4 Å². The van der Waals surface area contributed by atoms with Crippen molar-refractivity contribution in [1.29, 1.82) is 0 Å². The van der Waals surface area contributed by atoms with Crippen molar-refractivity contribution in [2.24, 2.45) is 5.92 Å². The average molecular weight is 474 g/mol. The highest BCUT2D eigenvalue weighted by Gasteiger charge is 2.47. The Hall–Kier alpha value is -4.26. The number of Topliss-reactive ketones (excluding diaryl/α,β-unsaturated/α-hetero) is 1. The molecule has 0 radical (unpaired) electrons. The Kier molecular flexibility index (Phi) is 6.78. The van der Waals surface area contributed by atoms with Gasteiger partial charge in [-0.05, 0) is 60.0 Å². The Bertz CT molecular complexity index is 1280. The summed E-state index contributed by atoms with van der Waals surface area (Å²) in [6, 6.07) is 18.8. The molecular formula is C28H27NO6. The Morgan fingerprint density at radius 3 is 2.34 bits per heavy atom. The molecule has 0 spiro atoms. The molecule has 1 unspecified atom stereocenters. The van der Waals surface area contributed by atoms with E-state index < -0.39 is 17.7 Å². The van der Waals surface area contributed by atoms with Gasteiger partial charge >= 0.3 is 0 Å². The van der Waals surface area contributed by atoms with E-state index in [9.17, 15) is 19.8 Å². The van der Waals surface area contributed by atoms with E-state index >= 15 is 0 Å². The zero-order valence-electron chi connectivity index (χ0n) is 19.8. The maximum atomic E-state index is 13.2. The molecule has 0 aliphatic carbocycles. The Morgan fingerprint density at radius 1 is 0.971 bits per heavy atom. The number of methoxy groups -OCH3 is 1. The smallest absolute Gasteiger partial charge is 0.300 e. The normalized spacial score (nSPS) is 17.1. The number of phenolic OH excluding ortho intramolecular Hbond substituents is 1. The predicted molar refractivity (Wildman–Crippen MR) is 133 cm³/mol. The van der Waals surface area contributed by atoms with Gasteiger partial charge in [-0.15, -0.1) is 0 Å². The van der Waals surface area contributed by atoms with Crippen molar-refractivity contribution >= 4 is 23.1 Å². The van der Waals surface area contributed by atoms with Crippen LogP contribution in [0.1, 0.15) is 31.0 Å². The number of carbonyl (C=O) groups is 2. The second kappa shape index (κ2) is 9.93. The number of aliphatic hydroxyl groups excluding tert-OH is 1. The number of carbonyl (C=O) groups excluding carboxylic acids is 2. The van der Waals surface area contributed by atoms with Gasteiger partial charge in [0.1, 0.15) is 23.0 Å². The number of aliphatic hydroxyl groups is 1. The van der Waals surface area contributed by atoms with Crippen molar-refractivity contribution in [3.05, 3.63) is 89.5 Å². The van der Waals surface area contributed by atoms with Gasteiger partial charge in [0.2, 0.25) is 0 Å². The Balaban J connectivity index is 1.83. The lowest BCUT2D eigenvalue weighted by Gasteiger charge is -2.25. The van der Waals surface area contributed by atoms with Gasteiger partial charge in [-0.2, -0.15) is 0 Å². The molecule has 180 valence electrons. The highest BCUT2D eigenvalue weighted by Crippen LogP contribution is 2.43. The SMILES string of the molecule is COc1cccc(N2C(=O)C(=O)/C(=C(/O)c3ccc(OCC(C)C)cc3)C2c2cccc(O)c2)c1. The van der Waals surface area contributed by atoms with Gasteiger partial charge in [0.15, 0.2) is 0 Å². The van der Waals surface area contributed by atoms with Crippen LogP contribution in [0.25, 0.3) is 5.76 Å². The molecule has 1 atom stereocenters. The maximum Gasteiger partial charge on any atom is 0.300 e. The van der Waals surface area contributed by atoms with E-state index in [-0.39, 0.29) is 17.1 Å². The quantitative estimate of drug-likeness (QED) is 0.283. The molecule has 7 nitrogen and oxygen atoms in total. The second-order valence-corrected chi connectivity index (χ2v) is 8.69. The summed E-state index contributed by atoms with van der Waals surface area (Å²) >= 11 is 0. The van der Waals surface area contributed by atoms with Gasteiger partial charge in [-0.25, -0.2) is 0 Å². The number of amides is 1. The number of aromatic hydroxyl groups is 1. The summed E-state index contributed by atoms with van der Waals surface area (Å²) in [5, 5.41) is 21.3. The van der Waals surface area contributed by atoms with E-state index in [1.54, 1.807) is 60.7 Å². The van der Waals surface area contributed by atoms with Crippen LogP contribution in [0.4, 0.5) is 5.69 Å². The largest absolute Gasteiger partial charge is 0.508 e. The third-order valence-corrected chi connectivity index (χ3v) is 5.67. The van der Waals surface area contributed by atoms with Gasteiger partial charge < -0.3 is 19.7 Å². The first-order valence-corrected chi connectivity index (χ1v) is 11.3. The van der Waals surface area contributed by atoms with E-state index in [0.717, 1.165) is 0 Å². The molecular weight excluding hydrogens is 446 g/mol. The highest BCUT2D eigenvalue weighted by molar-refractivity contribution is 6.51. The zero-order chi connectivity index (χ0) is 25.1. The molecule has 0 bridgehead atoms. The van der Waals surface area contributed by atoms with Gasteiger partial charge in [0, 0.05) is 17.3 Å².